The standard InChI is InChI=1S/C26H42N8O6/c1-10(2)15(27)24(35)38-8-14-21(39-25(36)16(28)11(3)4)22(40-26(37)17(29)12(5)6)19(34-14)13-7-31-20-18(13)32-9-33-23(20)30/h7,9-12,14-17,19,21-22,31,34H,8,27-29H2,1-6H3,(H2,30,32,33). The molecule has 0 spiro atoms. The van der Waals surface area contributed by atoms with Crippen molar-refractivity contribution < 1.29 is 28.6 Å². The minimum atomic E-state index is -1.10. The van der Waals surface area contributed by atoms with Gasteiger partial charge in [0.15, 0.2) is 18.0 Å². The van der Waals surface area contributed by atoms with Gasteiger partial charge >= 0.3 is 17.9 Å². The van der Waals surface area contributed by atoms with Gasteiger partial charge in [-0.2, -0.15) is 0 Å². The minimum absolute atomic E-state index is 0.156. The molecule has 222 valence electrons. The molecule has 14 heteroatoms. The van der Waals surface area contributed by atoms with Gasteiger partial charge in [-0.25, -0.2) is 9.97 Å². The summed E-state index contributed by atoms with van der Waals surface area (Å²) in [6.07, 6.45) is 0.778. The number of nitrogens with one attached hydrogen (secondary N) is 2. The van der Waals surface area contributed by atoms with Gasteiger partial charge in [0.25, 0.3) is 0 Å². The molecule has 10 N–H and O–H groups in total. The first-order valence-corrected chi connectivity index (χ1v) is 13.4. The summed E-state index contributed by atoms with van der Waals surface area (Å²) in [5.74, 6) is -2.37. The Morgan fingerprint density at radius 3 is 1.93 bits per heavy atom. The van der Waals surface area contributed by atoms with E-state index in [1.807, 2.05) is 0 Å². The van der Waals surface area contributed by atoms with Crippen LogP contribution in [0.4, 0.5) is 5.82 Å². The lowest BCUT2D eigenvalue weighted by molar-refractivity contribution is -0.171. The Kier molecular flexibility index (Phi) is 10.1. The number of ether oxygens (including phenoxy) is 3. The van der Waals surface area contributed by atoms with Crippen LogP contribution in [0.25, 0.3) is 11.0 Å². The molecule has 0 aromatic carbocycles. The first-order chi connectivity index (χ1) is 18.7. The van der Waals surface area contributed by atoms with Gasteiger partial charge in [-0.15, -0.1) is 0 Å². The molecular weight excluding hydrogens is 520 g/mol. The molecule has 7 unspecified atom stereocenters. The molecule has 1 aliphatic heterocycles. The average molecular weight is 563 g/mol. The Balaban J connectivity index is 2.04. The van der Waals surface area contributed by atoms with E-state index < -0.39 is 60.3 Å². The van der Waals surface area contributed by atoms with Crippen LogP contribution in [0.2, 0.25) is 0 Å². The van der Waals surface area contributed by atoms with Gasteiger partial charge in [-0.3, -0.25) is 19.7 Å². The molecule has 0 amide bonds. The Morgan fingerprint density at radius 2 is 1.38 bits per heavy atom. The van der Waals surface area contributed by atoms with Crippen LogP contribution >= 0.6 is 0 Å². The Labute approximate surface area is 233 Å². The lowest BCUT2D eigenvalue weighted by Gasteiger charge is -2.28. The molecule has 14 nitrogen and oxygen atoms in total. The quantitative estimate of drug-likeness (QED) is 0.155. The molecular formula is C26H42N8O6. The molecule has 1 fully saturated rings. The maximum atomic E-state index is 13.1. The topological polar surface area (TPSA) is 237 Å². The van der Waals surface area contributed by atoms with Gasteiger partial charge < -0.3 is 42.1 Å². The number of aromatic amines is 1. The number of carbonyl (C=O) groups is 3. The van der Waals surface area contributed by atoms with Crippen molar-refractivity contribution in [1.82, 2.24) is 20.3 Å². The predicted octanol–water partition coefficient (Wildman–Crippen LogP) is -0.130. The molecule has 40 heavy (non-hydrogen) atoms. The normalized spacial score (nSPS) is 23.4. The molecule has 3 heterocycles. The molecule has 0 bridgehead atoms. The number of hydrogen-bond acceptors (Lipinski definition) is 13. The Morgan fingerprint density at radius 1 is 0.850 bits per heavy atom. The van der Waals surface area contributed by atoms with Gasteiger partial charge in [0.05, 0.1) is 17.6 Å². The second-order valence-electron chi connectivity index (χ2n) is 11.2. The second kappa shape index (κ2) is 12.9. The van der Waals surface area contributed by atoms with E-state index in [0.29, 0.717) is 16.6 Å². The lowest BCUT2D eigenvalue weighted by atomic mass is 10.0. The average Bonchev–Trinajstić information content (AvgIpc) is 3.47. The van der Waals surface area contributed by atoms with Crippen LogP contribution in [-0.4, -0.2) is 75.8 Å². The molecule has 7 atom stereocenters. The summed E-state index contributed by atoms with van der Waals surface area (Å²) in [5, 5.41) is 3.30. The number of esters is 3. The molecule has 2 aromatic rings. The number of nitrogen functional groups attached to an aromatic ring is 1. The van der Waals surface area contributed by atoms with Crippen molar-refractivity contribution in [3.63, 3.8) is 0 Å². The summed E-state index contributed by atoms with van der Waals surface area (Å²) in [6, 6.07) is -4.28. The monoisotopic (exact) mass is 562 g/mol. The van der Waals surface area contributed by atoms with Crippen molar-refractivity contribution in [3.8, 4) is 0 Å². The number of H-pyrrole nitrogens is 1. The number of nitrogens with zero attached hydrogens (tertiary/aromatic N) is 2. The van der Waals surface area contributed by atoms with Crippen LogP contribution in [0.5, 0.6) is 0 Å². The van der Waals surface area contributed by atoms with Crippen LogP contribution in [-0.2, 0) is 28.6 Å². The SMILES string of the molecule is CC(C)C(N)C(=O)OCC1NC(c2c[nH]c3c(N)ncnc23)C(OC(=O)C(N)C(C)C)C1OC(=O)C(N)C(C)C. The second-order valence-corrected chi connectivity index (χ2v) is 11.2. The van der Waals surface area contributed by atoms with Crippen LogP contribution in [0, 0.1) is 17.8 Å². The summed E-state index contributed by atoms with van der Waals surface area (Å²) < 4.78 is 17.3. The highest BCUT2D eigenvalue weighted by atomic mass is 16.6. The third kappa shape index (κ3) is 6.69. The van der Waals surface area contributed by atoms with Crippen molar-refractivity contribution in [3.05, 3.63) is 18.1 Å². The third-order valence-electron chi connectivity index (χ3n) is 7.18. The number of carbonyl (C=O) groups excluding carboxylic acids is 3. The lowest BCUT2D eigenvalue weighted by Crippen LogP contribution is -2.48. The number of rotatable bonds is 11. The van der Waals surface area contributed by atoms with Gasteiger partial charge in [0.2, 0.25) is 0 Å². The van der Waals surface area contributed by atoms with E-state index in [-0.39, 0.29) is 30.2 Å². The van der Waals surface area contributed by atoms with Gasteiger partial charge in [-0.05, 0) is 17.8 Å². The van der Waals surface area contributed by atoms with E-state index in [2.05, 4.69) is 20.3 Å². The van der Waals surface area contributed by atoms with Crippen LogP contribution < -0.4 is 28.3 Å². The Hall–Kier alpha value is -3.33. The molecule has 3 rings (SSSR count). The molecule has 1 saturated heterocycles. The molecule has 0 radical (unpaired) electrons. The first kappa shape index (κ1) is 31.2. The largest absolute Gasteiger partial charge is 0.463 e. The van der Waals surface area contributed by atoms with E-state index in [9.17, 15) is 14.4 Å². The summed E-state index contributed by atoms with van der Waals surface area (Å²) >= 11 is 0. The zero-order valence-electron chi connectivity index (χ0n) is 23.8. The van der Waals surface area contributed by atoms with E-state index in [4.69, 9.17) is 37.1 Å². The van der Waals surface area contributed by atoms with Gasteiger partial charge in [0, 0.05) is 11.8 Å². The highest BCUT2D eigenvalue weighted by Gasteiger charge is 2.51. The molecule has 0 aliphatic carbocycles. The summed E-state index contributed by atoms with van der Waals surface area (Å²) in [6.45, 7) is 10.5. The van der Waals surface area contributed by atoms with E-state index in [1.165, 1.54) is 6.33 Å². The smallest absolute Gasteiger partial charge is 0.323 e. The van der Waals surface area contributed by atoms with Crippen LogP contribution in [0.3, 0.4) is 0 Å². The van der Waals surface area contributed by atoms with E-state index in [1.54, 1.807) is 47.7 Å². The zero-order valence-corrected chi connectivity index (χ0v) is 23.8. The van der Waals surface area contributed by atoms with E-state index in [0.717, 1.165) is 0 Å². The number of aromatic nitrogens is 3. The highest BCUT2D eigenvalue weighted by molar-refractivity contribution is 5.87. The third-order valence-corrected chi connectivity index (χ3v) is 7.18. The summed E-state index contributed by atoms with van der Waals surface area (Å²) in [5.41, 5.74) is 25.7. The van der Waals surface area contributed by atoms with Crippen LogP contribution in [0.15, 0.2) is 12.5 Å². The van der Waals surface area contributed by atoms with Gasteiger partial charge in [0.1, 0.15) is 36.6 Å². The first-order valence-electron chi connectivity index (χ1n) is 13.4. The number of nitrogens with two attached hydrogens (primary N) is 4. The fourth-order valence-electron chi connectivity index (χ4n) is 4.26. The molecule has 2 aromatic heterocycles. The maximum Gasteiger partial charge on any atom is 0.323 e. The van der Waals surface area contributed by atoms with Crippen molar-refractivity contribution in [2.45, 2.75) is 84.0 Å². The zero-order chi connectivity index (χ0) is 29.9. The fraction of sp³-hybridized carbons (Fsp3) is 0.654. The highest BCUT2D eigenvalue weighted by Crippen LogP contribution is 2.36. The van der Waals surface area contributed by atoms with Gasteiger partial charge in [-0.1, -0.05) is 41.5 Å². The molecule has 1 aliphatic rings. The van der Waals surface area contributed by atoms with Crippen molar-refractivity contribution in [1.29, 1.82) is 0 Å². The van der Waals surface area contributed by atoms with E-state index >= 15 is 0 Å². The Bertz CT molecular complexity index is 1200. The fourth-order valence-corrected chi connectivity index (χ4v) is 4.26. The summed E-state index contributed by atoms with van der Waals surface area (Å²) in [4.78, 5) is 50.1. The van der Waals surface area contributed by atoms with Crippen molar-refractivity contribution >= 4 is 34.8 Å². The predicted molar refractivity (Wildman–Crippen MR) is 147 cm³/mol. The van der Waals surface area contributed by atoms with Crippen molar-refractivity contribution in [2.24, 2.45) is 35.0 Å². The van der Waals surface area contributed by atoms with Crippen molar-refractivity contribution in [2.75, 3.05) is 12.3 Å². The number of fused-ring (bicyclic) bond motifs is 1. The summed E-state index contributed by atoms with van der Waals surface area (Å²) in [7, 11) is 0. The van der Waals surface area contributed by atoms with Crippen LogP contribution in [0.1, 0.15) is 53.1 Å². The number of hydrogen-bond donors (Lipinski definition) is 6. The minimum Gasteiger partial charge on any atom is -0.463 e. The maximum absolute atomic E-state index is 13.1. The molecule has 0 saturated carbocycles. The number of anilines is 1.